The topological polar surface area (TPSA) is 42.5 Å². The van der Waals surface area contributed by atoms with Crippen LogP contribution in [0, 0.1) is 0 Å². The summed E-state index contributed by atoms with van der Waals surface area (Å²) in [4.78, 5) is 0. The highest BCUT2D eigenvalue weighted by molar-refractivity contribution is 9.10. The lowest BCUT2D eigenvalue weighted by molar-refractivity contribution is 0.0695. The summed E-state index contributed by atoms with van der Waals surface area (Å²) in [6, 6.07) is 13.8. The van der Waals surface area contributed by atoms with Crippen LogP contribution in [0.25, 0.3) is 0 Å². The first kappa shape index (κ1) is 18.0. The number of ether oxygens (including phenoxy) is 2. The van der Waals surface area contributed by atoms with Crippen LogP contribution in [0.4, 0.5) is 5.69 Å². The number of rotatable bonds is 3. The number of thiocarbonyl (C=S) groups is 1. The zero-order valence-electron chi connectivity index (χ0n) is 14.4. The van der Waals surface area contributed by atoms with E-state index < -0.39 is 0 Å². The minimum atomic E-state index is -0.273. The van der Waals surface area contributed by atoms with Gasteiger partial charge in [-0.25, -0.2) is 0 Å². The lowest BCUT2D eigenvalue weighted by Crippen LogP contribution is -2.42. The normalized spacial score (nSPS) is 17.8. The molecule has 2 N–H and O–H groups in total. The van der Waals surface area contributed by atoms with Crippen molar-refractivity contribution < 1.29 is 9.47 Å². The third-order valence-electron chi connectivity index (χ3n) is 4.06. The average molecular weight is 421 g/mol. The van der Waals surface area contributed by atoms with Crippen molar-refractivity contribution in [1.29, 1.82) is 0 Å². The molecule has 25 heavy (non-hydrogen) atoms. The van der Waals surface area contributed by atoms with Gasteiger partial charge in [0.2, 0.25) is 0 Å². The first-order valence-corrected chi connectivity index (χ1v) is 9.26. The zero-order chi connectivity index (χ0) is 18.0. The van der Waals surface area contributed by atoms with Crippen molar-refractivity contribution in [1.82, 2.24) is 5.32 Å². The highest BCUT2D eigenvalue weighted by atomic mass is 79.9. The number of hydrogen-bond donors (Lipinski definition) is 2. The van der Waals surface area contributed by atoms with Gasteiger partial charge >= 0.3 is 0 Å². The molecule has 1 heterocycles. The highest BCUT2D eigenvalue weighted by Crippen LogP contribution is 2.41. The van der Waals surface area contributed by atoms with Crippen LogP contribution in [0.15, 0.2) is 46.9 Å². The van der Waals surface area contributed by atoms with Gasteiger partial charge in [0.25, 0.3) is 0 Å². The molecule has 0 spiro atoms. The van der Waals surface area contributed by atoms with Gasteiger partial charge in [0.1, 0.15) is 17.1 Å². The molecule has 1 aliphatic heterocycles. The molecule has 132 valence electrons. The molecule has 0 saturated heterocycles. The quantitative estimate of drug-likeness (QED) is 0.680. The Hall–Kier alpha value is -1.79. The van der Waals surface area contributed by atoms with Gasteiger partial charge in [0, 0.05) is 22.1 Å². The second kappa shape index (κ2) is 7.22. The maximum atomic E-state index is 6.10. The lowest BCUT2D eigenvalue weighted by atomic mass is 9.89. The smallest absolute Gasteiger partial charge is 0.171 e. The molecule has 0 fully saturated rings. The van der Waals surface area contributed by atoms with Gasteiger partial charge in [-0.3, -0.25) is 0 Å². The number of anilines is 1. The molecule has 1 aliphatic rings. The van der Waals surface area contributed by atoms with E-state index in [1.165, 1.54) is 0 Å². The zero-order valence-corrected chi connectivity index (χ0v) is 16.8. The summed E-state index contributed by atoms with van der Waals surface area (Å²) in [5, 5.41) is 7.23. The summed E-state index contributed by atoms with van der Waals surface area (Å²) in [6.45, 7) is 4.17. The van der Waals surface area contributed by atoms with Crippen molar-refractivity contribution in [2.24, 2.45) is 0 Å². The number of hydrogen-bond acceptors (Lipinski definition) is 3. The summed E-state index contributed by atoms with van der Waals surface area (Å²) in [7, 11) is 1.66. The van der Waals surface area contributed by atoms with E-state index in [-0.39, 0.29) is 11.6 Å². The van der Waals surface area contributed by atoms with Gasteiger partial charge < -0.3 is 20.1 Å². The summed E-state index contributed by atoms with van der Waals surface area (Å²) in [6.07, 6.45) is 0.799. The van der Waals surface area contributed by atoms with Crippen LogP contribution >= 0.6 is 28.1 Å². The minimum absolute atomic E-state index is 0.0426. The number of benzene rings is 2. The number of halogens is 1. The van der Waals surface area contributed by atoms with Crippen LogP contribution in [-0.4, -0.2) is 17.8 Å². The SMILES string of the molecule is COc1ccc2c(c1)[C@H](NC(=S)Nc1cccc(Br)c1)CC(C)(C)O2. The van der Waals surface area contributed by atoms with Gasteiger partial charge in [0.15, 0.2) is 5.11 Å². The van der Waals surface area contributed by atoms with Crippen molar-refractivity contribution in [3.8, 4) is 11.5 Å². The molecule has 1 atom stereocenters. The molecule has 0 amide bonds. The third-order valence-corrected chi connectivity index (χ3v) is 4.78. The average Bonchev–Trinajstić information content (AvgIpc) is 2.53. The van der Waals surface area contributed by atoms with E-state index in [0.29, 0.717) is 5.11 Å². The van der Waals surface area contributed by atoms with Crippen molar-refractivity contribution in [2.45, 2.75) is 31.9 Å². The highest BCUT2D eigenvalue weighted by Gasteiger charge is 2.34. The Morgan fingerprint density at radius 2 is 2.08 bits per heavy atom. The molecule has 0 saturated carbocycles. The van der Waals surface area contributed by atoms with E-state index >= 15 is 0 Å². The van der Waals surface area contributed by atoms with Crippen molar-refractivity contribution in [2.75, 3.05) is 12.4 Å². The summed E-state index contributed by atoms with van der Waals surface area (Å²) in [5.74, 6) is 1.67. The minimum Gasteiger partial charge on any atom is -0.497 e. The van der Waals surface area contributed by atoms with E-state index in [9.17, 15) is 0 Å². The number of nitrogens with one attached hydrogen (secondary N) is 2. The monoisotopic (exact) mass is 420 g/mol. The van der Waals surface area contributed by atoms with Crippen molar-refractivity contribution in [3.63, 3.8) is 0 Å². The Morgan fingerprint density at radius 3 is 2.80 bits per heavy atom. The molecule has 3 rings (SSSR count). The van der Waals surface area contributed by atoms with E-state index in [1.54, 1.807) is 7.11 Å². The van der Waals surface area contributed by atoms with Gasteiger partial charge in [-0.2, -0.15) is 0 Å². The van der Waals surface area contributed by atoms with Crippen LogP contribution in [0.5, 0.6) is 11.5 Å². The molecule has 4 nitrogen and oxygen atoms in total. The largest absolute Gasteiger partial charge is 0.497 e. The number of methoxy groups -OCH3 is 1. The van der Waals surface area contributed by atoms with Crippen LogP contribution in [0.2, 0.25) is 0 Å². The predicted octanol–water partition coefficient (Wildman–Crippen LogP) is 5.05. The molecule has 0 radical (unpaired) electrons. The Bertz CT molecular complexity index is 795. The molecule has 0 aromatic heterocycles. The van der Waals surface area contributed by atoms with Crippen molar-refractivity contribution >= 4 is 38.9 Å². The molecule has 2 aromatic carbocycles. The first-order chi connectivity index (χ1) is 11.9. The van der Waals surface area contributed by atoms with Crippen LogP contribution in [-0.2, 0) is 0 Å². The lowest BCUT2D eigenvalue weighted by Gasteiger charge is -2.38. The fourth-order valence-corrected chi connectivity index (χ4v) is 3.64. The van der Waals surface area contributed by atoms with Crippen LogP contribution < -0.4 is 20.1 Å². The van der Waals surface area contributed by atoms with Crippen LogP contribution in [0.1, 0.15) is 31.9 Å². The molecule has 0 unspecified atom stereocenters. The Kier molecular flexibility index (Phi) is 5.20. The van der Waals surface area contributed by atoms with Gasteiger partial charge in [-0.05, 0) is 62.5 Å². The molecular weight excluding hydrogens is 400 g/mol. The molecule has 0 bridgehead atoms. The molecule has 6 heteroatoms. The van der Waals surface area contributed by atoms with E-state index in [0.717, 1.165) is 33.6 Å². The summed E-state index contributed by atoms with van der Waals surface area (Å²) >= 11 is 8.98. The third kappa shape index (κ3) is 4.44. The predicted molar refractivity (Wildman–Crippen MR) is 109 cm³/mol. The standard InChI is InChI=1S/C19H21BrN2O2S/c1-19(2)11-16(15-10-14(23-3)7-8-17(15)24-19)22-18(25)21-13-6-4-5-12(20)9-13/h4-10,16H,11H2,1-3H3,(H2,21,22,25)/t16-/m1/s1. The van der Waals surface area contributed by atoms with Gasteiger partial charge in [-0.1, -0.05) is 22.0 Å². The molecular formula is C19H21BrN2O2S. The van der Waals surface area contributed by atoms with Crippen molar-refractivity contribution in [3.05, 3.63) is 52.5 Å². The maximum Gasteiger partial charge on any atom is 0.171 e. The molecule has 2 aromatic rings. The molecule has 0 aliphatic carbocycles. The Morgan fingerprint density at radius 1 is 1.28 bits per heavy atom. The fraction of sp³-hybridized carbons (Fsp3) is 0.316. The van der Waals surface area contributed by atoms with Gasteiger partial charge in [-0.15, -0.1) is 0 Å². The Balaban J connectivity index is 1.80. The summed E-state index contributed by atoms with van der Waals surface area (Å²) in [5.41, 5.74) is 1.71. The van der Waals surface area contributed by atoms with Gasteiger partial charge in [0.05, 0.1) is 13.2 Å². The second-order valence-electron chi connectivity index (χ2n) is 6.63. The fourth-order valence-electron chi connectivity index (χ4n) is 2.98. The van der Waals surface area contributed by atoms with E-state index in [1.807, 2.05) is 42.5 Å². The van der Waals surface area contributed by atoms with E-state index in [4.69, 9.17) is 21.7 Å². The summed E-state index contributed by atoms with van der Waals surface area (Å²) < 4.78 is 12.5. The van der Waals surface area contributed by atoms with Crippen LogP contribution in [0.3, 0.4) is 0 Å². The maximum absolute atomic E-state index is 6.10. The van der Waals surface area contributed by atoms with E-state index in [2.05, 4.69) is 40.4 Å². The Labute approximate surface area is 162 Å². The number of fused-ring (bicyclic) bond motifs is 1. The second-order valence-corrected chi connectivity index (χ2v) is 7.95. The first-order valence-electron chi connectivity index (χ1n) is 8.06.